The number of nitrogens with one attached hydrogen (secondary N) is 1. The predicted molar refractivity (Wildman–Crippen MR) is 278 cm³/mol. The van der Waals surface area contributed by atoms with Crippen molar-refractivity contribution < 1.29 is 24.5 Å². The molecule has 0 saturated heterocycles. The van der Waals surface area contributed by atoms with Crippen molar-refractivity contribution in [2.45, 2.75) is 321 Å². The molecule has 0 bridgehead atoms. The van der Waals surface area contributed by atoms with Gasteiger partial charge in [0.25, 0.3) is 0 Å². The molecule has 1 amide bonds. The van der Waals surface area contributed by atoms with Crippen molar-refractivity contribution in [3.8, 4) is 0 Å². The Kier molecular flexibility index (Phi) is 52.6. The van der Waals surface area contributed by atoms with E-state index in [0.29, 0.717) is 25.9 Å². The Morgan fingerprint density at radius 2 is 0.781 bits per heavy atom. The van der Waals surface area contributed by atoms with Crippen molar-refractivity contribution in [1.82, 2.24) is 5.32 Å². The van der Waals surface area contributed by atoms with E-state index in [9.17, 15) is 19.8 Å². The van der Waals surface area contributed by atoms with E-state index in [1.807, 2.05) is 0 Å². The molecule has 2 atom stereocenters. The Morgan fingerprint density at radius 3 is 1.20 bits per heavy atom. The highest BCUT2D eigenvalue weighted by Gasteiger charge is 2.20. The van der Waals surface area contributed by atoms with Gasteiger partial charge in [-0.2, -0.15) is 0 Å². The van der Waals surface area contributed by atoms with E-state index in [4.69, 9.17) is 4.74 Å². The van der Waals surface area contributed by atoms with Crippen LogP contribution in [0.15, 0.2) is 24.3 Å². The van der Waals surface area contributed by atoms with Gasteiger partial charge in [-0.1, -0.05) is 263 Å². The van der Waals surface area contributed by atoms with Gasteiger partial charge in [0.1, 0.15) is 0 Å². The molecule has 0 fully saturated rings. The number of esters is 1. The summed E-state index contributed by atoms with van der Waals surface area (Å²) in [7, 11) is 0. The number of rotatable bonds is 53. The maximum Gasteiger partial charge on any atom is 0.305 e. The first-order valence-electron chi connectivity index (χ1n) is 28.6. The summed E-state index contributed by atoms with van der Waals surface area (Å²) < 4.78 is 5.46. The minimum Gasteiger partial charge on any atom is -0.466 e. The fraction of sp³-hybridized carbons (Fsp3) is 0.897. The fourth-order valence-electron chi connectivity index (χ4n) is 8.85. The number of carbonyl (C=O) groups is 2. The van der Waals surface area contributed by atoms with E-state index in [1.165, 1.54) is 205 Å². The second-order valence-corrected chi connectivity index (χ2v) is 19.6. The van der Waals surface area contributed by atoms with Crippen molar-refractivity contribution in [2.75, 3.05) is 13.2 Å². The van der Waals surface area contributed by atoms with Gasteiger partial charge in [-0.05, 0) is 57.8 Å². The van der Waals surface area contributed by atoms with Crippen LogP contribution in [0.4, 0.5) is 0 Å². The molecule has 0 saturated carbocycles. The van der Waals surface area contributed by atoms with Gasteiger partial charge in [0.05, 0.1) is 25.4 Å². The van der Waals surface area contributed by atoms with Gasteiger partial charge in [-0.3, -0.25) is 9.59 Å². The molecule has 3 N–H and O–H groups in total. The number of amides is 1. The SMILES string of the molecule is CCCCCC/C=C\C/C=C\CCCCCCCC(=O)OCCCCCCCCCCCCCC(=O)NC(CO)C(O)CCCCCCCCCCCCCCCCCCCCCC. The van der Waals surface area contributed by atoms with Crippen molar-refractivity contribution in [1.29, 1.82) is 0 Å². The van der Waals surface area contributed by atoms with E-state index >= 15 is 0 Å². The number of ether oxygens (including phenoxy) is 1. The molecule has 0 rings (SSSR count). The summed E-state index contributed by atoms with van der Waals surface area (Å²) in [6.45, 7) is 4.90. The van der Waals surface area contributed by atoms with Crippen LogP contribution in [0.2, 0.25) is 0 Å². The molecule has 0 aromatic carbocycles. The summed E-state index contributed by atoms with van der Waals surface area (Å²) in [6.07, 6.45) is 64.4. The van der Waals surface area contributed by atoms with Crippen LogP contribution >= 0.6 is 0 Å². The topological polar surface area (TPSA) is 95.9 Å². The number of allylic oxidation sites excluding steroid dienone is 4. The van der Waals surface area contributed by atoms with Gasteiger partial charge in [0.15, 0.2) is 0 Å². The largest absolute Gasteiger partial charge is 0.466 e. The molecule has 0 radical (unpaired) electrons. The van der Waals surface area contributed by atoms with Crippen LogP contribution in [0.1, 0.15) is 309 Å². The monoisotopic (exact) mass is 902 g/mol. The van der Waals surface area contributed by atoms with Crippen LogP contribution in [0.25, 0.3) is 0 Å². The van der Waals surface area contributed by atoms with Crippen LogP contribution in [0.3, 0.4) is 0 Å². The third kappa shape index (κ3) is 49.8. The summed E-state index contributed by atoms with van der Waals surface area (Å²) in [5.41, 5.74) is 0. The number of carbonyl (C=O) groups excluding carboxylic acids is 2. The number of unbranched alkanes of at least 4 members (excludes halogenated alkanes) is 38. The Labute approximate surface area is 399 Å². The van der Waals surface area contributed by atoms with Crippen LogP contribution in [0.5, 0.6) is 0 Å². The van der Waals surface area contributed by atoms with Crippen molar-refractivity contribution in [3.63, 3.8) is 0 Å². The highest BCUT2D eigenvalue weighted by Crippen LogP contribution is 2.17. The smallest absolute Gasteiger partial charge is 0.305 e. The molecule has 64 heavy (non-hydrogen) atoms. The summed E-state index contributed by atoms with van der Waals surface area (Å²) in [4.78, 5) is 24.5. The molecular weight excluding hydrogens is 791 g/mol. The van der Waals surface area contributed by atoms with E-state index in [-0.39, 0.29) is 18.5 Å². The van der Waals surface area contributed by atoms with Gasteiger partial charge in [0.2, 0.25) is 5.91 Å². The average molecular weight is 903 g/mol. The quantitative estimate of drug-likeness (QED) is 0.0321. The maximum atomic E-state index is 12.5. The van der Waals surface area contributed by atoms with Crippen molar-refractivity contribution in [3.05, 3.63) is 24.3 Å². The lowest BCUT2D eigenvalue weighted by Crippen LogP contribution is -2.45. The number of aliphatic hydroxyl groups is 2. The number of hydrogen-bond acceptors (Lipinski definition) is 5. The van der Waals surface area contributed by atoms with Gasteiger partial charge in [-0.15, -0.1) is 0 Å². The minimum absolute atomic E-state index is 0.0263. The van der Waals surface area contributed by atoms with Gasteiger partial charge < -0.3 is 20.3 Å². The Bertz CT molecular complexity index is 997. The molecule has 0 heterocycles. The first kappa shape index (κ1) is 62.3. The van der Waals surface area contributed by atoms with Gasteiger partial charge in [-0.25, -0.2) is 0 Å². The third-order valence-electron chi connectivity index (χ3n) is 13.3. The first-order chi connectivity index (χ1) is 31.5. The Hall–Kier alpha value is -1.66. The summed E-state index contributed by atoms with van der Waals surface area (Å²) in [5.74, 6) is -0.0786. The molecule has 0 aromatic rings. The van der Waals surface area contributed by atoms with Crippen LogP contribution < -0.4 is 5.32 Å². The highest BCUT2D eigenvalue weighted by molar-refractivity contribution is 5.76. The van der Waals surface area contributed by atoms with Gasteiger partial charge in [0, 0.05) is 12.8 Å². The maximum absolute atomic E-state index is 12.5. The molecular formula is C58H111NO5. The zero-order valence-corrected chi connectivity index (χ0v) is 43.0. The van der Waals surface area contributed by atoms with Crippen molar-refractivity contribution in [2.24, 2.45) is 0 Å². The minimum atomic E-state index is -0.678. The Morgan fingerprint density at radius 1 is 0.438 bits per heavy atom. The molecule has 0 aromatic heterocycles. The number of aliphatic hydroxyl groups excluding tert-OH is 2. The lowest BCUT2D eigenvalue weighted by atomic mass is 10.0. The summed E-state index contributed by atoms with van der Waals surface area (Å²) in [6, 6.07) is -0.557. The second-order valence-electron chi connectivity index (χ2n) is 19.6. The van der Waals surface area contributed by atoms with E-state index < -0.39 is 12.1 Å². The van der Waals surface area contributed by atoms with Crippen molar-refractivity contribution >= 4 is 11.9 Å². The molecule has 378 valence electrons. The molecule has 0 aliphatic rings. The molecule has 0 aliphatic carbocycles. The normalized spacial score (nSPS) is 12.8. The highest BCUT2D eigenvalue weighted by atomic mass is 16.5. The first-order valence-corrected chi connectivity index (χ1v) is 28.6. The van der Waals surface area contributed by atoms with Crippen LogP contribution in [0, 0.1) is 0 Å². The molecule has 0 spiro atoms. The van der Waals surface area contributed by atoms with E-state index in [1.54, 1.807) is 0 Å². The third-order valence-corrected chi connectivity index (χ3v) is 13.3. The lowest BCUT2D eigenvalue weighted by molar-refractivity contribution is -0.143. The second kappa shape index (κ2) is 54.0. The number of hydrogen-bond donors (Lipinski definition) is 3. The molecule has 6 heteroatoms. The average Bonchev–Trinajstić information content (AvgIpc) is 3.29. The van der Waals surface area contributed by atoms with Crippen LogP contribution in [-0.4, -0.2) is 47.4 Å². The zero-order chi connectivity index (χ0) is 46.5. The van der Waals surface area contributed by atoms with Gasteiger partial charge >= 0.3 is 5.97 Å². The standard InChI is InChI=1S/C58H111NO5/c1-3-5-7-9-11-13-15-17-19-21-22-23-24-25-27-30-34-38-42-46-50-56(61)55(54-60)59-57(62)51-47-43-39-35-31-29-33-37-41-45-49-53-64-58(63)52-48-44-40-36-32-28-26-20-18-16-14-12-10-8-6-4-2/h14,16,20,26,55-56,60-61H,3-13,15,17-19,21-25,27-54H2,1-2H3,(H,59,62)/b16-14-,26-20-. The molecule has 2 unspecified atom stereocenters. The lowest BCUT2D eigenvalue weighted by Gasteiger charge is -2.22. The molecule has 0 aliphatic heterocycles. The molecule has 6 nitrogen and oxygen atoms in total. The van der Waals surface area contributed by atoms with E-state index in [0.717, 1.165) is 70.6 Å². The van der Waals surface area contributed by atoms with Crippen LogP contribution in [-0.2, 0) is 14.3 Å². The fourth-order valence-corrected chi connectivity index (χ4v) is 8.85. The Balaban J connectivity index is 3.47. The summed E-state index contributed by atoms with van der Waals surface area (Å²) >= 11 is 0. The predicted octanol–water partition coefficient (Wildman–Crippen LogP) is 17.5. The zero-order valence-electron chi connectivity index (χ0n) is 43.0. The summed E-state index contributed by atoms with van der Waals surface area (Å²) in [5, 5.41) is 23.3. The van der Waals surface area contributed by atoms with E-state index in [2.05, 4.69) is 43.5 Å².